The van der Waals surface area contributed by atoms with Crippen molar-refractivity contribution in [3.8, 4) is 11.1 Å². The molecule has 0 radical (unpaired) electrons. The molecular weight excluding hydrogens is 328 g/mol. The van der Waals surface area contributed by atoms with Gasteiger partial charge in [0.25, 0.3) is 0 Å². The SMILES string of the molecule is COC(=O)c1ccc(-c2ccc3c(c2)[C@H](N)C[C@H](C)N3C(C)=O)c(C)c1. The summed E-state index contributed by atoms with van der Waals surface area (Å²) in [5.74, 6) is -0.324. The van der Waals surface area contributed by atoms with Gasteiger partial charge in [-0.2, -0.15) is 0 Å². The number of esters is 1. The third-order valence-corrected chi connectivity index (χ3v) is 5.02. The Hall–Kier alpha value is -2.66. The van der Waals surface area contributed by atoms with E-state index in [1.54, 1.807) is 13.0 Å². The number of methoxy groups -OCH3 is 1. The molecule has 0 aliphatic carbocycles. The monoisotopic (exact) mass is 352 g/mol. The van der Waals surface area contributed by atoms with Crippen molar-refractivity contribution < 1.29 is 14.3 Å². The van der Waals surface area contributed by atoms with Crippen LogP contribution in [0.3, 0.4) is 0 Å². The van der Waals surface area contributed by atoms with E-state index in [2.05, 4.69) is 6.07 Å². The van der Waals surface area contributed by atoms with E-state index in [0.29, 0.717) is 5.56 Å². The van der Waals surface area contributed by atoms with Crippen LogP contribution in [0.2, 0.25) is 0 Å². The second kappa shape index (κ2) is 6.92. The van der Waals surface area contributed by atoms with Crippen molar-refractivity contribution in [3.63, 3.8) is 0 Å². The molecule has 136 valence electrons. The molecule has 5 heteroatoms. The third kappa shape index (κ3) is 3.10. The van der Waals surface area contributed by atoms with Crippen LogP contribution in [0.1, 0.15) is 47.8 Å². The lowest BCUT2D eigenvalue weighted by Gasteiger charge is -2.38. The lowest BCUT2D eigenvalue weighted by atomic mass is 9.88. The minimum absolute atomic E-state index is 0.0250. The standard InChI is InChI=1S/C21H24N2O3/c1-12-9-16(21(25)26-4)5-7-17(12)15-6-8-20-18(11-15)19(22)10-13(2)23(20)14(3)24/h5-9,11,13,19H,10,22H2,1-4H3/t13-,19+/m0/s1. The first kappa shape index (κ1) is 18.1. The molecule has 5 nitrogen and oxygen atoms in total. The van der Waals surface area contributed by atoms with E-state index in [0.717, 1.165) is 34.4 Å². The molecule has 0 bridgehead atoms. The molecule has 2 aromatic rings. The molecule has 0 fully saturated rings. The van der Waals surface area contributed by atoms with Crippen LogP contribution in [0.4, 0.5) is 5.69 Å². The molecule has 0 saturated heterocycles. The summed E-state index contributed by atoms with van der Waals surface area (Å²) in [6, 6.07) is 11.5. The minimum Gasteiger partial charge on any atom is -0.465 e. The molecule has 3 rings (SSSR count). The summed E-state index contributed by atoms with van der Waals surface area (Å²) in [6.45, 7) is 5.57. The Morgan fingerprint density at radius 3 is 2.54 bits per heavy atom. The van der Waals surface area contributed by atoms with Gasteiger partial charge in [0.15, 0.2) is 0 Å². The van der Waals surface area contributed by atoms with Gasteiger partial charge in [-0.05, 0) is 66.8 Å². The lowest BCUT2D eigenvalue weighted by Crippen LogP contribution is -2.43. The fraction of sp³-hybridized carbons (Fsp3) is 0.333. The van der Waals surface area contributed by atoms with Crippen molar-refractivity contribution in [1.82, 2.24) is 0 Å². The predicted octanol–water partition coefficient (Wildman–Crippen LogP) is 3.59. The second-order valence-electron chi connectivity index (χ2n) is 6.88. The van der Waals surface area contributed by atoms with Gasteiger partial charge in [0.05, 0.1) is 12.7 Å². The van der Waals surface area contributed by atoms with Gasteiger partial charge in [0.2, 0.25) is 5.91 Å². The molecule has 26 heavy (non-hydrogen) atoms. The number of carbonyl (C=O) groups excluding carboxylic acids is 2. The van der Waals surface area contributed by atoms with E-state index in [4.69, 9.17) is 10.5 Å². The van der Waals surface area contributed by atoms with Crippen molar-refractivity contribution >= 4 is 17.6 Å². The number of hydrogen-bond donors (Lipinski definition) is 1. The van der Waals surface area contributed by atoms with E-state index in [1.165, 1.54) is 7.11 Å². The number of fused-ring (bicyclic) bond motifs is 1. The summed E-state index contributed by atoms with van der Waals surface area (Å²) in [7, 11) is 1.37. The third-order valence-electron chi connectivity index (χ3n) is 5.02. The maximum absolute atomic E-state index is 12.1. The molecule has 2 atom stereocenters. The van der Waals surface area contributed by atoms with E-state index in [-0.39, 0.29) is 24.0 Å². The maximum Gasteiger partial charge on any atom is 0.337 e. The van der Waals surface area contributed by atoms with E-state index < -0.39 is 0 Å². The van der Waals surface area contributed by atoms with Crippen molar-refractivity contribution in [3.05, 3.63) is 53.1 Å². The molecule has 0 unspecified atom stereocenters. The summed E-state index contributed by atoms with van der Waals surface area (Å²) in [4.78, 5) is 25.6. The molecule has 0 aromatic heterocycles. The Bertz CT molecular complexity index is 876. The second-order valence-corrected chi connectivity index (χ2v) is 6.88. The van der Waals surface area contributed by atoms with Crippen molar-refractivity contribution in [1.29, 1.82) is 0 Å². The topological polar surface area (TPSA) is 72.6 Å². The zero-order valence-corrected chi connectivity index (χ0v) is 15.6. The van der Waals surface area contributed by atoms with Crippen molar-refractivity contribution in [2.45, 2.75) is 39.3 Å². The van der Waals surface area contributed by atoms with Crippen molar-refractivity contribution in [2.24, 2.45) is 5.73 Å². The Morgan fingerprint density at radius 2 is 1.92 bits per heavy atom. The van der Waals surface area contributed by atoms with Crippen LogP contribution >= 0.6 is 0 Å². The van der Waals surface area contributed by atoms with Gasteiger partial charge in [0, 0.05) is 24.7 Å². The lowest BCUT2D eigenvalue weighted by molar-refractivity contribution is -0.117. The smallest absolute Gasteiger partial charge is 0.337 e. The summed E-state index contributed by atoms with van der Waals surface area (Å²) < 4.78 is 4.78. The normalized spacial score (nSPS) is 19.0. The highest BCUT2D eigenvalue weighted by atomic mass is 16.5. The van der Waals surface area contributed by atoms with Gasteiger partial charge in [-0.15, -0.1) is 0 Å². The quantitative estimate of drug-likeness (QED) is 0.838. The van der Waals surface area contributed by atoms with Gasteiger partial charge in [-0.1, -0.05) is 12.1 Å². The van der Waals surface area contributed by atoms with Crippen LogP contribution in [0.15, 0.2) is 36.4 Å². The maximum atomic E-state index is 12.1. The number of nitrogens with zero attached hydrogens (tertiary/aromatic N) is 1. The largest absolute Gasteiger partial charge is 0.465 e. The number of amides is 1. The minimum atomic E-state index is -0.349. The zero-order valence-electron chi connectivity index (χ0n) is 15.6. The Morgan fingerprint density at radius 1 is 1.19 bits per heavy atom. The molecule has 0 spiro atoms. The fourth-order valence-corrected chi connectivity index (χ4v) is 3.79. The van der Waals surface area contributed by atoms with Crippen molar-refractivity contribution in [2.75, 3.05) is 12.0 Å². The number of anilines is 1. The van der Waals surface area contributed by atoms with E-state index in [1.807, 2.05) is 43.0 Å². The average molecular weight is 352 g/mol. The average Bonchev–Trinajstić information content (AvgIpc) is 2.60. The first-order chi connectivity index (χ1) is 12.3. The van der Waals surface area contributed by atoms with Gasteiger partial charge < -0.3 is 15.4 Å². The molecule has 1 aliphatic heterocycles. The molecule has 2 N–H and O–H groups in total. The highest BCUT2D eigenvalue weighted by Gasteiger charge is 2.30. The van der Waals surface area contributed by atoms with Crippen LogP contribution in [0.25, 0.3) is 11.1 Å². The van der Waals surface area contributed by atoms with Gasteiger partial charge in [-0.3, -0.25) is 4.79 Å². The van der Waals surface area contributed by atoms with Crippen LogP contribution in [-0.2, 0) is 9.53 Å². The van der Waals surface area contributed by atoms with E-state index >= 15 is 0 Å². The summed E-state index contributed by atoms with van der Waals surface area (Å²) >= 11 is 0. The van der Waals surface area contributed by atoms with Gasteiger partial charge in [0.1, 0.15) is 0 Å². The molecule has 1 amide bonds. The number of hydrogen-bond acceptors (Lipinski definition) is 4. The molecule has 0 saturated carbocycles. The zero-order chi connectivity index (χ0) is 19.0. The Balaban J connectivity index is 2.05. The summed E-state index contributed by atoms with van der Waals surface area (Å²) in [5, 5.41) is 0. The van der Waals surface area contributed by atoms with Crippen LogP contribution < -0.4 is 10.6 Å². The fourth-order valence-electron chi connectivity index (χ4n) is 3.79. The molecular formula is C21H24N2O3. The highest BCUT2D eigenvalue weighted by molar-refractivity contribution is 5.94. The number of ether oxygens (including phenoxy) is 1. The van der Waals surface area contributed by atoms with Crippen LogP contribution in [0, 0.1) is 6.92 Å². The van der Waals surface area contributed by atoms with Gasteiger partial charge in [-0.25, -0.2) is 4.79 Å². The summed E-state index contributed by atoms with van der Waals surface area (Å²) in [6.07, 6.45) is 0.732. The van der Waals surface area contributed by atoms with Crippen LogP contribution in [-0.4, -0.2) is 25.0 Å². The Kier molecular flexibility index (Phi) is 4.83. The highest BCUT2D eigenvalue weighted by Crippen LogP contribution is 2.39. The molecule has 2 aromatic carbocycles. The predicted molar refractivity (Wildman–Crippen MR) is 102 cm³/mol. The first-order valence-corrected chi connectivity index (χ1v) is 8.72. The number of rotatable bonds is 2. The number of aryl methyl sites for hydroxylation is 1. The van der Waals surface area contributed by atoms with E-state index in [9.17, 15) is 9.59 Å². The van der Waals surface area contributed by atoms with Crippen LogP contribution in [0.5, 0.6) is 0 Å². The first-order valence-electron chi connectivity index (χ1n) is 8.72. The number of carbonyl (C=O) groups is 2. The molecule has 1 heterocycles. The number of nitrogens with two attached hydrogens (primary N) is 1. The summed E-state index contributed by atoms with van der Waals surface area (Å²) in [5.41, 5.74) is 11.8. The van der Waals surface area contributed by atoms with Gasteiger partial charge >= 0.3 is 5.97 Å². The molecule has 1 aliphatic rings. The Labute approximate surface area is 153 Å². The number of benzene rings is 2.